The maximum absolute atomic E-state index is 11.3. The Morgan fingerprint density at radius 3 is 2.88 bits per heavy atom. The Balaban J connectivity index is 2.22. The average molecular weight is 228 g/mol. The molecule has 6 nitrogen and oxygen atoms in total. The van der Waals surface area contributed by atoms with E-state index >= 15 is 0 Å². The molecule has 1 aliphatic heterocycles. The molecule has 0 aromatic rings. The summed E-state index contributed by atoms with van der Waals surface area (Å²) < 4.78 is 0. The molecule has 92 valence electrons. The van der Waals surface area contributed by atoms with Crippen molar-refractivity contribution in [3.05, 3.63) is 0 Å². The summed E-state index contributed by atoms with van der Waals surface area (Å²) in [6.45, 7) is 5.70. The molecule has 1 heterocycles. The zero-order chi connectivity index (χ0) is 12.0. The predicted octanol–water partition coefficient (Wildman–Crippen LogP) is -0.874. The summed E-state index contributed by atoms with van der Waals surface area (Å²) in [6, 6.07) is -0.0000824. The van der Waals surface area contributed by atoms with Gasteiger partial charge in [0, 0.05) is 45.7 Å². The average Bonchev–Trinajstić information content (AvgIpc) is 2.28. The Hall–Kier alpha value is -1.14. The van der Waals surface area contributed by atoms with E-state index in [9.17, 15) is 9.59 Å². The van der Waals surface area contributed by atoms with E-state index in [0.717, 1.165) is 19.6 Å². The first-order chi connectivity index (χ1) is 7.63. The summed E-state index contributed by atoms with van der Waals surface area (Å²) >= 11 is 0. The van der Waals surface area contributed by atoms with Crippen molar-refractivity contribution in [3.63, 3.8) is 0 Å². The van der Waals surface area contributed by atoms with Crippen LogP contribution in [0.2, 0.25) is 0 Å². The maximum Gasteiger partial charge on any atom is 0.321 e. The fraction of sp³-hybridized carbons (Fsp3) is 0.800. The summed E-state index contributed by atoms with van der Waals surface area (Å²) in [6.07, 6.45) is 0.359. The number of amides is 3. The van der Waals surface area contributed by atoms with E-state index in [1.165, 1.54) is 7.05 Å². The molecule has 0 spiro atoms. The number of hydrogen-bond acceptors (Lipinski definition) is 4. The molecule has 0 bridgehead atoms. The van der Waals surface area contributed by atoms with Gasteiger partial charge in [-0.25, -0.2) is 4.79 Å². The lowest BCUT2D eigenvalue weighted by Crippen LogP contribution is -2.50. The number of carbonyl (C=O) groups is 2. The topological polar surface area (TPSA) is 73.5 Å². The Morgan fingerprint density at radius 1 is 1.50 bits per heavy atom. The molecule has 0 aliphatic carbocycles. The first kappa shape index (κ1) is 12.9. The third kappa shape index (κ3) is 4.16. The molecule has 0 aromatic carbocycles. The molecule has 1 rings (SSSR count). The smallest absolute Gasteiger partial charge is 0.321 e. The van der Waals surface area contributed by atoms with Crippen molar-refractivity contribution in [2.75, 3.05) is 33.2 Å². The summed E-state index contributed by atoms with van der Waals surface area (Å²) in [4.78, 5) is 24.5. The van der Waals surface area contributed by atoms with E-state index in [1.54, 1.807) is 0 Å². The van der Waals surface area contributed by atoms with E-state index in [-0.39, 0.29) is 5.91 Å². The third-order valence-corrected chi connectivity index (χ3v) is 2.74. The van der Waals surface area contributed by atoms with Gasteiger partial charge >= 0.3 is 6.03 Å². The van der Waals surface area contributed by atoms with Gasteiger partial charge in [0.05, 0.1) is 0 Å². The second kappa shape index (κ2) is 6.44. The molecule has 1 aliphatic rings. The van der Waals surface area contributed by atoms with Gasteiger partial charge in [-0.3, -0.25) is 15.0 Å². The van der Waals surface area contributed by atoms with Crippen LogP contribution in [0.4, 0.5) is 4.79 Å². The molecule has 0 saturated carbocycles. The Morgan fingerprint density at radius 2 is 2.25 bits per heavy atom. The first-order valence-electron chi connectivity index (χ1n) is 5.60. The Labute approximate surface area is 95.8 Å². The number of nitrogens with zero attached hydrogens (tertiary/aromatic N) is 1. The van der Waals surface area contributed by atoms with Crippen LogP contribution in [-0.2, 0) is 4.79 Å². The molecule has 0 unspecified atom stereocenters. The SMILES string of the molecule is CNC(=O)NC(=O)CCN1CCNC[C@H]1C. The molecule has 1 fully saturated rings. The quantitative estimate of drug-likeness (QED) is 0.587. The molecule has 6 heteroatoms. The molecular weight excluding hydrogens is 208 g/mol. The van der Waals surface area contributed by atoms with Crippen molar-refractivity contribution in [2.45, 2.75) is 19.4 Å². The van der Waals surface area contributed by atoms with Gasteiger partial charge in [0.15, 0.2) is 0 Å². The normalized spacial score (nSPS) is 21.5. The van der Waals surface area contributed by atoms with Crippen molar-refractivity contribution in [2.24, 2.45) is 0 Å². The van der Waals surface area contributed by atoms with Crippen molar-refractivity contribution in [1.82, 2.24) is 20.9 Å². The molecule has 1 atom stereocenters. The minimum atomic E-state index is -0.446. The summed E-state index contributed by atoms with van der Waals surface area (Å²) in [5, 5.41) is 7.89. The molecular formula is C10H20N4O2. The van der Waals surface area contributed by atoms with Crippen LogP contribution in [0.25, 0.3) is 0 Å². The van der Waals surface area contributed by atoms with Crippen LogP contribution in [0.5, 0.6) is 0 Å². The van der Waals surface area contributed by atoms with Crippen molar-refractivity contribution in [1.29, 1.82) is 0 Å². The van der Waals surface area contributed by atoms with E-state index in [0.29, 0.717) is 19.0 Å². The molecule has 16 heavy (non-hydrogen) atoms. The zero-order valence-corrected chi connectivity index (χ0v) is 9.88. The number of hydrogen-bond donors (Lipinski definition) is 3. The number of imide groups is 1. The van der Waals surface area contributed by atoms with E-state index < -0.39 is 6.03 Å². The minimum Gasteiger partial charge on any atom is -0.341 e. The molecule has 0 aromatic heterocycles. The second-order valence-electron chi connectivity index (χ2n) is 3.97. The van der Waals surface area contributed by atoms with Gasteiger partial charge in [-0.15, -0.1) is 0 Å². The van der Waals surface area contributed by atoms with Gasteiger partial charge in [-0.1, -0.05) is 0 Å². The van der Waals surface area contributed by atoms with Gasteiger partial charge in [-0.2, -0.15) is 0 Å². The van der Waals surface area contributed by atoms with Crippen LogP contribution in [0, 0.1) is 0 Å². The number of carbonyl (C=O) groups excluding carboxylic acids is 2. The maximum atomic E-state index is 11.3. The fourth-order valence-corrected chi connectivity index (χ4v) is 1.71. The van der Waals surface area contributed by atoms with Gasteiger partial charge < -0.3 is 10.6 Å². The number of piperazine rings is 1. The van der Waals surface area contributed by atoms with Crippen LogP contribution in [0.1, 0.15) is 13.3 Å². The fourth-order valence-electron chi connectivity index (χ4n) is 1.71. The lowest BCUT2D eigenvalue weighted by molar-refractivity contribution is -0.120. The van der Waals surface area contributed by atoms with E-state index in [2.05, 4.69) is 27.8 Å². The summed E-state index contributed by atoms with van der Waals surface area (Å²) in [5.41, 5.74) is 0. The van der Waals surface area contributed by atoms with Crippen molar-refractivity contribution in [3.8, 4) is 0 Å². The second-order valence-corrected chi connectivity index (χ2v) is 3.97. The highest BCUT2D eigenvalue weighted by Gasteiger charge is 2.18. The van der Waals surface area contributed by atoms with Crippen LogP contribution in [0.15, 0.2) is 0 Å². The zero-order valence-electron chi connectivity index (χ0n) is 9.88. The minimum absolute atomic E-state index is 0.231. The Kier molecular flexibility index (Phi) is 5.21. The van der Waals surface area contributed by atoms with Gasteiger partial charge in [0.2, 0.25) is 5.91 Å². The van der Waals surface area contributed by atoms with Crippen molar-refractivity contribution < 1.29 is 9.59 Å². The van der Waals surface area contributed by atoms with Crippen LogP contribution in [-0.4, -0.2) is 56.1 Å². The van der Waals surface area contributed by atoms with Crippen LogP contribution >= 0.6 is 0 Å². The lowest BCUT2D eigenvalue weighted by Gasteiger charge is -2.33. The monoisotopic (exact) mass is 228 g/mol. The highest BCUT2D eigenvalue weighted by Crippen LogP contribution is 2.02. The van der Waals surface area contributed by atoms with Crippen LogP contribution < -0.4 is 16.0 Å². The predicted molar refractivity (Wildman–Crippen MR) is 61.1 cm³/mol. The molecule has 0 radical (unpaired) electrons. The highest BCUT2D eigenvalue weighted by atomic mass is 16.2. The molecule has 3 N–H and O–H groups in total. The third-order valence-electron chi connectivity index (χ3n) is 2.74. The lowest BCUT2D eigenvalue weighted by atomic mass is 10.2. The summed E-state index contributed by atoms with van der Waals surface area (Å²) in [5.74, 6) is -0.231. The standard InChI is InChI=1S/C10H20N4O2/c1-8-7-12-4-6-14(8)5-3-9(15)13-10(16)11-2/h8,12H,3-7H2,1-2H3,(H2,11,13,15,16)/t8-/m1/s1. The van der Waals surface area contributed by atoms with E-state index in [1.807, 2.05) is 0 Å². The van der Waals surface area contributed by atoms with Gasteiger partial charge in [0.1, 0.15) is 0 Å². The summed E-state index contributed by atoms with van der Waals surface area (Å²) in [7, 11) is 1.49. The Bertz CT molecular complexity index is 257. The van der Waals surface area contributed by atoms with Gasteiger partial charge in [-0.05, 0) is 6.92 Å². The number of urea groups is 1. The number of rotatable bonds is 3. The van der Waals surface area contributed by atoms with Crippen molar-refractivity contribution >= 4 is 11.9 Å². The number of nitrogens with one attached hydrogen (secondary N) is 3. The van der Waals surface area contributed by atoms with Crippen LogP contribution in [0.3, 0.4) is 0 Å². The first-order valence-corrected chi connectivity index (χ1v) is 5.60. The van der Waals surface area contributed by atoms with Gasteiger partial charge in [0.25, 0.3) is 0 Å². The highest BCUT2D eigenvalue weighted by molar-refractivity contribution is 5.94. The molecule has 3 amide bonds. The largest absolute Gasteiger partial charge is 0.341 e. The molecule has 1 saturated heterocycles. The van der Waals surface area contributed by atoms with E-state index in [4.69, 9.17) is 0 Å².